The summed E-state index contributed by atoms with van der Waals surface area (Å²) < 4.78 is 17.0. The summed E-state index contributed by atoms with van der Waals surface area (Å²) >= 11 is 0. The van der Waals surface area contributed by atoms with Crippen LogP contribution in [0.5, 0.6) is 0 Å². The first kappa shape index (κ1) is 76.6. The molecule has 0 saturated heterocycles. The van der Waals surface area contributed by atoms with Gasteiger partial charge in [0.25, 0.3) is 0 Å². The van der Waals surface area contributed by atoms with Gasteiger partial charge in [0.05, 0.1) is 0 Å². The third kappa shape index (κ3) is 65.4. The minimum atomic E-state index is -0.782. The van der Waals surface area contributed by atoms with Crippen LogP contribution < -0.4 is 0 Å². The van der Waals surface area contributed by atoms with Crippen molar-refractivity contribution < 1.29 is 28.6 Å². The Morgan fingerprint density at radius 1 is 0.263 bits per heavy atom. The number of carbonyl (C=O) groups is 3. The fourth-order valence-corrected chi connectivity index (χ4v) is 9.93. The molecule has 0 bridgehead atoms. The number of allylic oxidation sites excluding steroid dienone is 14. The van der Waals surface area contributed by atoms with Crippen molar-refractivity contribution in [2.75, 3.05) is 13.2 Å². The Labute approximate surface area is 496 Å². The van der Waals surface area contributed by atoms with E-state index in [4.69, 9.17) is 14.2 Å². The third-order valence-electron chi connectivity index (χ3n) is 15.1. The molecular weight excluding hydrogens is 985 g/mol. The Kier molecular flexibility index (Phi) is 65.2. The minimum Gasteiger partial charge on any atom is -0.462 e. The van der Waals surface area contributed by atoms with Crippen molar-refractivity contribution in [3.63, 3.8) is 0 Å². The van der Waals surface area contributed by atoms with Crippen LogP contribution in [-0.2, 0) is 28.6 Å². The average molecular weight is 1120 g/mol. The molecule has 0 rings (SSSR count). The lowest BCUT2D eigenvalue weighted by Gasteiger charge is -2.18. The lowest BCUT2D eigenvalue weighted by molar-refractivity contribution is -0.167. The zero-order chi connectivity index (χ0) is 57.8. The van der Waals surface area contributed by atoms with Crippen LogP contribution in [0.15, 0.2) is 85.1 Å². The van der Waals surface area contributed by atoms with Crippen LogP contribution >= 0.6 is 0 Å². The lowest BCUT2D eigenvalue weighted by Crippen LogP contribution is -2.30. The average Bonchev–Trinajstić information content (AvgIpc) is 3.46. The highest BCUT2D eigenvalue weighted by molar-refractivity contribution is 5.71. The van der Waals surface area contributed by atoms with Crippen molar-refractivity contribution in [3.05, 3.63) is 85.1 Å². The van der Waals surface area contributed by atoms with Crippen molar-refractivity contribution in [1.29, 1.82) is 0 Å². The second kappa shape index (κ2) is 68.1. The van der Waals surface area contributed by atoms with Gasteiger partial charge in [-0.2, -0.15) is 0 Å². The van der Waals surface area contributed by atoms with Crippen molar-refractivity contribution >= 4 is 17.9 Å². The first-order chi connectivity index (χ1) is 39.5. The molecule has 462 valence electrons. The van der Waals surface area contributed by atoms with Gasteiger partial charge in [-0.25, -0.2) is 0 Å². The highest BCUT2D eigenvalue weighted by Crippen LogP contribution is 2.17. The van der Waals surface area contributed by atoms with E-state index in [1.165, 1.54) is 212 Å². The molecule has 0 radical (unpaired) electrons. The summed E-state index contributed by atoms with van der Waals surface area (Å²) in [5.41, 5.74) is 0. The largest absolute Gasteiger partial charge is 0.462 e. The number of hydrogen-bond donors (Lipinski definition) is 0. The summed E-state index contributed by atoms with van der Waals surface area (Å²) in [6.07, 6.45) is 90.4. The maximum Gasteiger partial charge on any atom is 0.306 e. The van der Waals surface area contributed by atoms with Crippen LogP contribution in [0.3, 0.4) is 0 Å². The molecule has 0 amide bonds. The maximum atomic E-state index is 12.9. The summed E-state index contributed by atoms with van der Waals surface area (Å²) in [4.78, 5) is 38.4. The molecule has 0 fully saturated rings. The Balaban J connectivity index is 4.21. The van der Waals surface area contributed by atoms with E-state index in [1.807, 2.05) is 0 Å². The van der Waals surface area contributed by atoms with Gasteiger partial charge in [-0.05, 0) is 116 Å². The molecular formula is C74H130O6. The monoisotopic (exact) mass is 1110 g/mol. The number of carbonyl (C=O) groups excluding carboxylic acids is 3. The van der Waals surface area contributed by atoms with Crippen molar-refractivity contribution in [2.45, 2.75) is 354 Å². The first-order valence-electron chi connectivity index (χ1n) is 34.6. The fraction of sp³-hybridized carbons (Fsp3) is 0.770. The van der Waals surface area contributed by atoms with Crippen LogP contribution in [0.4, 0.5) is 0 Å². The molecule has 1 atom stereocenters. The molecule has 80 heavy (non-hydrogen) atoms. The van der Waals surface area contributed by atoms with Gasteiger partial charge < -0.3 is 14.2 Å². The van der Waals surface area contributed by atoms with Gasteiger partial charge in [-0.15, -0.1) is 0 Å². The zero-order valence-corrected chi connectivity index (χ0v) is 53.1. The molecule has 0 N–H and O–H groups in total. The predicted octanol–water partition coefficient (Wildman–Crippen LogP) is 23.8. The number of hydrogen-bond acceptors (Lipinski definition) is 6. The summed E-state index contributed by atoms with van der Waals surface area (Å²) in [5.74, 6) is -0.874. The topological polar surface area (TPSA) is 78.9 Å². The Hall–Kier alpha value is -3.41. The van der Waals surface area contributed by atoms with E-state index in [1.54, 1.807) is 0 Å². The molecule has 0 aromatic carbocycles. The zero-order valence-electron chi connectivity index (χ0n) is 53.1. The van der Waals surface area contributed by atoms with Crippen LogP contribution in [0.25, 0.3) is 0 Å². The van der Waals surface area contributed by atoms with Crippen LogP contribution in [0.1, 0.15) is 348 Å². The Morgan fingerprint density at radius 3 is 0.787 bits per heavy atom. The predicted molar refractivity (Wildman–Crippen MR) is 348 cm³/mol. The maximum absolute atomic E-state index is 12.9. The normalized spacial score (nSPS) is 12.6. The van der Waals surface area contributed by atoms with E-state index in [0.29, 0.717) is 19.3 Å². The highest BCUT2D eigenvalue weighted by atomic mass is 16.6. The molecule has 1 unspecified atom stereocenters. The Bertz CT molecular complexity index is 1520. The number of ether oxygens (including phenoxy) is 3. The van der Waals surface area contributed by atoms with E-state index >= 15 is 0 Å². The van der Waals surface area contributed by atoms with Crippen LogP contribution in [0, 0.1) is 0 Å². The lowest BCUT2D eigenvalue weighted by atomic mass is 10.0. The Morgan fingerprint density at radius 2 is 0.487 bits per heavy atom. The van der Waals surface area contributed by atoms with Gasteiger partial charge in [-0.1, -0.05) is 298 Å². The van der Waals surface area contributed by atoms with Gasteiger partial charge in [0.15, 0.2) is 6.10 Å². The molecule has 0 heterocycles. The van der Waals surface area contributed by atoms with E-state index in [9.17, 15) is 14.4 Å². The molecule has 0 spiro atoms. The summed E-state index contributed by atoms with van der Waals surface area (Å²) in [6.45, 7) is 6.54. The van der Waals surface area contributed by atoms with Crippen molar-refractivity contribution in [3.8, 4) is 0 Å². The smallest absolute Gasteiger partial charge is 0.306 e. The van der Waals surface area contributed by atoms with Crippen molar-refractivity contribution in [2.24, 2.45) is 0 Å². The first-order valence-corrected chi connectivity index (χ1v) is 34.6. The number of esters is 3. The second-order valence-corrected chi connectivity index (χ2v) is 23.1. The molecule has 0 aromatic heterocycles. The van der Waals surface area contributed by atoms with E-state index in [-0.39, 0.29) is 31.1 Å². The molecule has 0 aliphatic heterocycles. The summed E-state index contributed by atoms with van der Waals surface area (Å²) in [7, 11) is 0. The molecule has 6 nitrogen and oxygen atoms in total. The molecule has 0 aliphatic rings. The van der Waals surface area contributed by atoms with Crippen LogP contribution in [0.2, 0.25) is 0 Å². The van der Waals surface area contributed by atoms with Gasteiger partial charge in [0.1, 0.15) is 13.2 Å². The summed E-state index contributed by atoms with van der Waals surface area (Å²) in [5, 5.41) is 0. The SMILES string of the molecule is CC/C=C\C/C=C\C/C=C\C/C=C\C/C=C\CCCCCCCCCCCCCCCCCC(=O)OCC(COC(=O)CCCCCCC/C=C\CCCCCC)OC(=O)CCCCCCCCC/C=C\CCCCCCCCC. The van der Waals surface area contributed by atoms with Gasteiger partial charge in [-0.3, -0.25) is 14.4 Å². The summed E-state index contributed by atoms with van der Waals surface area (Å²) in [6, 6.07) is 0. The van der Waals surface area contributed by atoms with Gasteiger partial charge in [0, 0.05) is 19.3 Å². The quantitative estimate of drug-likeness (QED) is 0.0261. The van der Waals surface area contributed by atoms with Gasteiger partial charge >= 0.3 is 17.9 Å². The minimum absolute atomic E-state index is 0.0776. The second-order valence-electron chi connectivity index (χ2n) is 23.1. The third-order valence-corrected chi connectivity index (χ3v) is 15.1. The van der Waals surface area contributed by atoms with E-state index in [2.05, 4.69) is 106 Å². The van der Waals surface area contributed by atoms with E-state index < -0.39 is 6.10 Å². The van der Waals surface area contributed by atoms with Gasteiger partial charge in [0.2, 0.25) is 0 Å². The van der Waals surface area contributed by atoms with Crippen LogP contribution in [-0.4, -0.2) is 37.2 Å². The fourth-order valence-electron chi connectivity index (χ4n) is 9.93. The van der Waals surface area contributed by atoms with E-state index in [0.717, 1.165) is 96.3 Å². The molecule has 0 aromatic rings. The highest BCUT2D eigenvalue weighted by Gasteiger charge is 2.19. The molecule has 6 heteroatoms. The number of rotatable bonds is 63. The molecule has 0 aliphatic carbocycles. The number of unbranched alkanes of at least 4 members (excludes halogenated alkanes) is 38. The molecule has 0 saturated carbocycles. The standard InChI is InChI=1S/C74H130O6/c1-4-7-10-13-16-19-22-25-27-29-31-32-33-34-35-36-37-38-39-40-41-42-43-45-46-49-52-55-58-61-64-67-73(76)79-70-71(69-78-72(75)66-63-60-57-54-51-48-24-21-18-15-12-9-6-3)80-74(77)68-65-62-59-56-53-50-47-44-30-28-26-23-20-17-14-11-8-5-2/h7,10,16,19,21,24-25,27-28,30-32,34-35,71H,4-6,8-9,11-15,17-18,20,22-23,26,29,33,36-70H2,1-3H3/b10-7-,19-16-,24-21-,27-25-,30-28-,32-31-,35-34-. The van der Waals surface area contributed by atoms with Crippen molar-refractivity contribution in [1.82, 2.24) is 0 Å².